The van der Waals surface area contributed by atoms with E-state index < -0.39 is 0 Å². The second-order valence-corrected chi connectivity index (χ2v) is 8.61. The topological polar surface area (TPSA) is 59.2 Å². The van der Waals surface area contributed by atoms with Crippen LogP contribution in [0.4, 0.5) is 0 Å². The molecule has 5 heteroatoms. The standard InChI is InChI=1S/C24H25N3O2/c1-24(2,3)15-21-25-22(26-29-21)18-9-11-19(12-10-18)23(28)27-14-13-20(16-27)17-7-5-4-6-8-17/h4-13H,14-16H2,1-3H3. The first-order chi connectivity index (χ1) is 13.9. The van der Waals surface area contributed by atoms with Gasteiger partial charge in [-0.2, -0.15) is 4.98 Å². The zero-order valence-electron chi connectivity index (χ0n) is 17.1. The minimum absolute atomic E-state index is 0.0280. The van der Waals surface area contributed by atoms with Crippen LogP contribution in [0.1, 0.15) is 42.6 Å². The molecule has 4 rings (SSSR count). The molecule has 0 bridgehead atoms. The highest BCUT2D eigenvalue weighted by Crippen LogP contribution is 2.24. The van der Waals surface area contributed by atoms with Crippen LogP contribution in [0.2, 0.25) is 0 Å². The van der Waals surface area contributed by atoms with Crippen LogP contribution in [0, 0.1) is 5.41 Å². The van der Waals surface area contributed by atoms with Crippen molar-refractivity contribution in [1.82, 2.24) is 15.0 Å². The van der Waals surface area contributed by atoms with Gasteiger partial charge in [0.1, 0.15) is 0 Å². The summed E-state index contributed by atoms with van der Waals surface area (Å²) < 4.78 is 5.36. The Labute approximate surface area is 171 Å². The third kappa shape index (κ3) is 4.45. The van der Waals surface area contributed by atoms with E-state index in [9.17, 15) is 4.79 Å². The van der Waals surface area contributed by atoms with E-state index in [1.54, 1.807) is 0 Å². The lowest BCUT2D eigenvalue weighted by Gasteiger charge is -2.16. The molecule has 0 radical (unpaired) electrons. The molecule has 1 aliphatic heterocycles. The summed E-state index contributed by atoms with van der Waals surface area (Å²) in [6.45, 7) is 7.66. The molecule has 0 unspecified atom stereocenters. The maximum absolute atomic E-state index is 12.9. The molecule has 0 saturated carbocycles. The zero-order chi connectivity index (χ0) is 20.4. The zero-order valence-corrected chi connectivity index (χ0v) is 17.1. The summed E-state index contributed by atoms with van der Waals surface area (Å²) in [4.78, 5) is 19.2. The van der Waals surface area contributed by atoms with E-state index in [0.717, 1.165) is 12.0 Å². The van der Waals surface area contributed by atoms with Gasteiger partial charge in [0, 0.05) is 30.6 Å². The van der Waals surface area contributed by atoms with Crippen molar-refractivity contribution in [1.29, 1.82) is 0 Å². The van der Waals surface area contributed by atoms with Crippen molar-refractivity contribution in [3.05, 3.63) is 77.7 Å². The highest BCUT2D eigenvalue weighted by molar-refractivity contribution is 5.96. The largest absolute Gasteiger partial charge is 0.339 e. The number of carbonyl (C=O) groups excluding carboxylic acids is 1. The van der Waals surface area contributed by atoms with Gasteiger partial charge in [-0.15, -0.1) is 0 Å². The summed E-state index contributed by atoms with van der Waals surface area (Å²) in [7, 11) is 0. The minimum atomic E-state index is 0.0280. The molecule has 29 heavy (non-hydrogen) atoms. The number of carbonyl (C=O) groups is 1. The van der Waals surface area contributed by atoms with Gasteiger partial charge >= 0.3 is 0 Å². The lowest BCUT2D eigenvalue weighted by atomic mass is 9.92. The summed E-state index contributed by atoms with van der Waals surface area (Å²) in [6, 6.07) is 17.6. The molecule has 0 saturated heterocycles. The molecule has 3 aromatic rings. The van der Waals surface area contributed by atoms with E-state index in [1.807, 2.05) is 47.4 Å². The molecule has 2 aromatic carbocycles. The summed E-state index contributed by atoms with van der Waals surface area (Å²) in [5.41, 5.74) is 3.95. The smallest absolute Gasteiger partial charge is 0.254 e. The van der Waals surface area contributed by atoms with E-state index in [0.29, 0.717) is 30.4 Å². The molecular formula is C24H25N3O2. The van der Waals surface area contributed by atoms with E-state index in [-0.39, 0.29) is 11.3 Å². The fourth-order valence-corrected chi connectivity index (χ4v) is 3.41. The maximum atomic E-state index is 12.9. The number of nitrogens with zero attached hydrogens (tertiary/aromatic N) is 3. The van der Waals surface area contributed by atoms with E-state index in [2.05, 4.69) is 49.1 Å². The molecule has 0 atom stereocenters. The van der Waals surface area contributed by atoms with Crippen molar-refractivity contribution in [2.75, 3.05) is 13.1 Å². The average molecular weight is 387 g/mol. The third-order valence-corrected chi connectivity index (χ3v) is 4.89. The summed E-state index contributed by atoms with van der Waals surface area (Å²) in [5, 5.41) is 4.08. The number of hydrogen-bond acceptors (Lipinski definition) is 4. The lowest BCUT2D eigenvalue weighted by molar-refractivity contribution is 0.0801. The Balaban J connectivity index is 1.43. The third-order valence-electron chi connectivity index (χ3n) is 4.89. The second-order valence-electron chi connectivity index (χ2n) is 8.61. The van der Waals surface area contributed by atoms with E-state index in [4.69, 9.17) is 4.52 Å². The van der Waals surface area contributed by atoms with Crippen LogP contribution in [0.3, 0.4) is 0 Å². The molecule has 0 fully saturated rings. The van der Waals surface area contributed by atoms with Crippen LogP contribution in [-0.2, 0) is 6.42 Å². The van der Waals surface area contributed by atoms with Gasteiger partial charge in [0.2, 0.25) is 11.7 Å². The summed E-state index contributed by atoms with van der Waals surface area (Å²) in [5.74, 6) is 1.21. The number of amides is 1. The van der Waals surface area contributed by atoms with Gasteiger partial charge in [0.15, 0.2) is 0 Å². The summed E-state index contributed by atoms with van der Waals surface area (Å²) in [6.07, 6.45) is 2.85. The fourth-order valence-electron chi connectivity index (χ4n) is 3.41. The predicted molar refractivity (Wildman–Crippen MR) is 113 cm³/mol. The van der Waals surface area contributed by atoms with Crippen molar-refractivity contribution in [3.8, 4) is 11.4 Å². The van der Waals surface area contributed by atoms with Gasteiger partial charge in [-0.05, 0) is 28.7 Å². The normalized spacial score (nSPS) is 14.2. The summed E-state index contributed by atoms with van der Waals surface area (Å²) >= 11 is 0. The highest BCUT2D eigenvalue weighted by atomic mass is 16.5. The molecule has 148 valence electrons. The number of aromatic nitrogens is 2. The quantitative estimate of drug-likeness (QED) is 0.641. The van der Waals surface area contributed by atoms with Gasteiger partial charge in [0.05, 0.1) is 0 Å². The van der Waals surface area contributed by atoms with E-state index >= 15 is 0 Å². The Hall–Kier alpha value is -3.21. The Morgan fingerprint density at radius 3 is 2.45 bits per heavy atom. The van der Waals surface area contributed by atoms with Gasteiger partial charge in [-0.3, -0.25) is 4.79 Å². The molecule has 5 nitrogen and oxygen atoms in total. The van der Waals surface area contributed by atoms with E-state index in [1.165, 1.54) is 11.1 Å². The van der Waals surface area contributed by atoms with Crippen LogP contribution >= 0.6 is 0 Å². The van der Waals surface area contributed by atoms with Gasteiger partial charge in [-0.25, -0.2) is 0 Å². The van der Waals surface area contributed by atoms with Crippen molar-refractivity contribution in [3.63, 3.8) is 0 Å². The van der Waals surface area contributed by atoms with Crippen LogP contribution in [-0.4, -0.2) is 34.0 Å². The van der Waals surface area contributed by atoms with Gasteiger partial charge < -0.3 is 9.42 Å². The number of rotatable bonds is 4. The molecule has 1 amide bonds. The first-order valence-electron chi connectivity index (χ1n) is 9.86. The second kappa shape index (κ2) is 7.66. The number of benzene rings is 2. The lowest BCUT2D eigenvalue weighted by Crippen LogP contribution is -2.28. The minimum Gasteiger partial charge on any atom is -0.339 e. The fraction of sp³-hybridized carbons (Fsp3) is 0.292. The van der Waals surface area contributed by atoms with Crippen LogP contribution in [0.5, 0.6) is 0 Å². The van der Waals surface area contributed by atoms with Crippen molar-refractivity contribution in [2.24, 2.45) is 5.41 Å². The van der Waals surface area contributed by atoms with Crippen LogP contribution < -0.4 is 0 Å². The first kappa shape index (κ1) is 19.1. The molecule has 0 N–H and O–H groups in total. The highest BCUT2D eigenvalue weighted by Gasteiger charge is 2.22. The first-order valence-corrected chi connectivity index (χ1v) is 9.86. The SMILES string of the molecule is CC(C)(C)Cc1nc(-c2ccc(C(=O)N3CC=C(c4ccccc4)C3)cc2)no1. The van der Waals surface area contributed by atoms with Crippen molar-refractivity contribution in [2.45, 2.75) is 27.2 Å². The van der Waals surface area contributed by atoms with Crippen LogP contribution in [0.15, 0.2) is 65.2 Å². The molecule has 1 aromatic heterocycles. The van der Waals surface area contributed by atoms with Gasteiger partial charge in [0.25, 0.3) is 5.91 Å². The molecule has 1 aliphatic rings. The molecule has 2 heterocycles. The monoisotopic (exact) mass is 387 g/mol. The van der Waals surface area contributed by atoms with Gasteiger partial charge in [-0.1, -0.05) is 74.5 Å². The Kier molecular flexibility index (Phi) is 5.05. The van der Waals surface area contributed by atoms with Crippen molar-refractivity contribution >= 4 is 11.5 Å². The molecular weight excluding hydrogens is 362 g/mol. The Morgan fingerprint density at radius 1 is 1.03 bits per heavy atom. The molecule has 0 spiro atoms. The Morgan fingerprint density at radius 2 is 1.76 bits per heavy atom. The maximum Gasteiger partial charge on any atom is 0.254 e. The van der Waals surface area contributed by atoms with Crippen LogP contribution in [0.25, 0.3) is 17.0 Å². The molecule has 0 aliphatic carbocycles. The predicted octanol–water partition coefficient (Wildman–Crippen LogP) is 4.86. The van der Waals surface area contributed by atoms with Crippen molar-refractivity contribution < 1.29 is 9.32 Å². The number of hydrogen-bond donors (Lipinski definition) is 0. The Bertz CT molecular complexity index is 1030. The average Bonchev–Trinajstić information content (AvgIpc) is 3.37.